The minimum absolute atomic E-state index is 0. The highest BCUT2D eigenvalue weighted by Crippen LogP contribution is 2.33. The summed E-state index contributed by atoms with van der Waals surface area (Å²) in [5.74, 6) is -0.309. The number of aliphatic carboxylic acids is 1. The molecule has 244 valence electrons. The van der Waals surface area contributed by atoms with Crippen LogP contribution >= 0.6 is 11.8 Å². The lowest BCUT2D eigenvalue weighted by Crippen LogP contribution is -2.41. The maximum Gasteiger partial charge on any atom is 0.326 e. The topological polar surface area (TPSA) is 113 Å². The molecule has 2 aromatic rings. The number of sulfone groups is 1. The number of benzene rings is 2. The number of nitrogens with zero attached hydrogens (tertiary/aromatic N) is 1. The summed E-state index contributed by atoms with van der Waals surface area (Å²) in [6, 6.07) is 12.5. The fourth-order valence-corrected chi connectivity index (χ4v) is 9.19. The van der Waals surface area contributed by atoms with E-state index in [0.717, 1.165) is 47.9 Å². The highest BCUT2D eigenvalue weighted by Gasteiger charge is 2.40. The van der Waals surface area contributed by atoms with Crippen LogP contribution in [-0.2, 0) is 25.9 Å². The number of amides is 1. The molecule has 0 bridgehead atoms. The average molecular weight is 647 g/mol. The molecule has 1 amide bonds. The van der Waals surface area contributed by atoms with Crippen LogP contribution < -0.4 is 5.32 Å². The van der Waals surface area contributed by atoms with Crippen molar-refractivity contribution in [1.82, 2.24) is 10.2 Å². The summed E-state index contributed by atoms with van der Waals surface area (Å²) in [4.78, 5) is 27.5. The Morgan fingerprint density at radius 1 is 1.11 bits per heavy atom. The lowest BCUT2D eigenvalue weighted by molar-refractivity contribution is -0.139. The van der Waals surface area contributed by atoms with Gasteiger partial charge in [0.05, 0.1) is 17.6 Å². The van der Waals surface area contributed by atoms with Gasteiger partial charge in [-0.25, -0.2) is 13.2 Å². The molecule has 44 heavy (non-hydrogen) atoms. The van der Waals surface area contributed by atoms with Gasteiger partial charge in [0, 0.05) is 31.8 Å². The Labute approximate surface area is 268 Å². The van der Waals surface area contributed by atoms with Crippen molar-refractivity contribution in [2.75, 3.05) is 38.0 Å². The number of hydrogen-bond donors (Lipinski definition) is 2. The number of rotatable bonds is 14. The van der Waals surface area contributed by atoms with Gasteiger partial charge >= 0.3 is 5.97 Å². The van der Waals surface area contributed by atoms with Gasteiger partial charge in [0.1, 0.15) is 6.04 Å². The quantitative estimate of drug-likeness (QED) is 0.264. The molecule has 2 aliphatic rings. The highest BCUT2D eigenvalue weighted by molar-refractivity contribution is 7.98. The summed E-state index contributed by atoms with van der Waals surface area (Å²) in [5.41, 5.74) is 3.99. The molecular weight excluding hydrogens is 597 g/mol. The Hall–Kier alpha value is -2.40. The van der Waals surface area contributed by atoms with Gasteiger partial charge in [-0.05, 0) is 84.9 Å². The molecule has 10 heteroatoms. The fraction of sp³-hybridized carbons (Fsp3) is 0.588. The largest absolute Gasteiger partial charge is 0.480 e. The molecular formula is C34H50N2O6S2. The van der Waals surface area contributed by atoms with Crippen LogP contribution in [0.25, 0.3) is 11.1 Å². The van der Waals surface area contributed by atoms with E-state index in [1.807, 2.05) is 49.6 Å². The van der Waals surface area contributed by atoms with Crippen LogP contribution in [0.5, 0.6) is 0 Å². The standard InChI is InChI=1S/C33H46N2O6S2.CH4/c1-23-9-7-8-12-28(23)30-17-25(13-14-29(30)32(36)34-31(33(37)38)15-16-42-3)19-35-20-27(18-26(35)21-41-2)43(39,40)22-24-10-5-4-6-11-24;/h7-9,12-14,17,24,26-27,31H,4-6,10-11,15-16,18-22H2,1-3H3,(H,34,36)(H,37,38);1H4/t26-,27+,31+;/m1./s1. The van der Waals surface area contributed by atoms with Crippen LogP contribution in [0.4, 0.5) is 0 Å². The van der Waals surface area contributed by atoms with Crippen molar-refractivity contribution in [1.29, 1.82) is 0 Å². The van der Waals surface area contributed by atoms with Crippen LogP contribution in [-0.4, -0.2) is 85.7 Å². The third kappa shape index (κ3) is 9.31. The summed E-state index contributed by atoms with van der Waals surface area (Å²) >= 11 is 1.54. The third-order valence-electron chi connectivity index (χ3n) is 8.91. The van der Waals surface area contributed by atoms with E-state index in [1.165, 1.54) is 18.2 Å². The van der Waals surface area contributed by atoms with E-state index in [4.69, 9.17) is 4.74 Å². The van der Waals surface area contributed by atoms with E-state index in [2.05, 4.69) is 10.2 Å². The first-order valence-corrected chi connectivity index (χ1v) is 18.4. The number of hydrogen-bond acceptors (Lipinski definition) is 7. The van der Waals surface area contributed by atoms with Gasteiger partial charge in [-0.1, -0.05) is 57.0 Å². The maximum absolute atomic E-state index is 13.5. The zero-order valence-corrected chi connectivity index (χ0v) is 27.2. The molecule has 2 aromatic carbocycles. The van der Waals surface area contributed by atoms with Crippen molar-refractivity contribution in [3.05, 3.63) is 59.2 Å². The molecule has 0 spiro atoms. The van der Waals surface area contributed by atoms with Gasteiger partial charge in [0.25, 0.3) is 5.91 Å². The van der Waals surface area contributed by atoms with E-state index < -0.39 is 33.0 Å². The molecule has 1 heterocycles. The Balaban J connectivity index is 0.00000529. The maximum atomic E-state index is 13.5. The molecule has 0 aromatic heterocycles. The normalized spacial score (nSPS) is 20.2. The van der Waals surface area contributed by atoms with Gasteiger partial charge in [0.2, 0.25) is 0 Å². The second kappa shape index (κ2) is 16.8. The molecule has 1 aliphatic heterocycles. The zero-order valence-electron chi connectivity index (χ0n) is 25.6. The first-order valence-electron chi connectivity index (χ1n) is 15.3. The monoisotopic (exact) mass is 646 g/mol. The Kier molecular flexibility index (Phi) is 13.8. The van der Waals surface area contributed by atoms with Crippen molar-refractivity contribution in [2.45, 2.75) is 83.2 Å². The predicted molar refractivity (Wildman–Crippen MR) is 180 cm³/mol. The molecule has 0 radical (unpaired) electrons. The van der Waals surface area contributed by atoms with E-state index in [9.17, 15) is 23.1 Å². The third-order valence-corrected chi connectivity index (χ3v) is 11.8. The van der Waals surface area contributed by atoms with Crippen LogP contribution in [0, 0.1) is 12.8 Å². The highest BCUT2D eigenvalue weighted by atomic mass is 32.2. The second-order valence-corrected chi connectivity index (χ2v) is 15.4. The van der Waals surface area contributed by atoms with Gasteiger partial charge in [-0.15, -0.1) is 0 Å². The number of carboxylic acids is 1. The van der Waals surface area contributed by atoms with E-state index in [-0.39, 0.29) is 25.1 Å². The smallest absolute Gasteiger partial charge is 0.326 e. The minimum atomic E-state index is -3.24. The lowest BCUT2D eigenvalue weighted by Gasteiger charge is -2.25. The number of methoxy groups -OCH3 is 1. The number of carbonyl (C=O) groups is 2. The molecule has 1 saturated heterocycles. The minimum Gasteiger partial charge on any atom is -0.480 e. The molecule has 1 aliphatic carbocycles. The van der Waals surface area contributed by atoms with Crippen LogP contribution in [0.1, 0.15) is 73.9 Å². The van der Waals surface area contributed by atoms with Crippen molar-refractivity contribution in [3.8, 4) is 11.1 Å². The first kappa shape index (κ1) is 36.1. The number of aryl methyl sites for hydroxylation is 1. The summed E-state index contributed by atoms with van der Waals surface area (Å²) in [6.45, 7) is 3.42. The summed E-state index contributed by atoms with van der Waals surface area (Å²) in [5, 5.41) is 12.0. The summed E-state index contributed by atoms with van der Waals surface area (Å²) in [6.07, 6.45) is 8.24. The van der Waals surface area contributed by atoms with E-state index in [1.54, 1.807) is 13.2 Å². The Morgan fingerprint density at radius 3 is 2.50 bits per heavy atom. The molecule has 3 atom stereocenters. The molecule has 1 saturated carbocycles. The van der Waals surface area contributed by atoms with Gasteiger partial charge in [-0.2, -0.15) is 11.8 Å². The van der Waals surface area contributed by atoms with Gasteiger partial charge in [-0.3, -0.25) is 9.69 Å². The van der Waals surface area contributed by atoms with Crippen LogP contribution in [0.2, 0.25) is 0 Å². The van der Waals surface area contributed by atoms with Gasteiger partial charge in [0.15, 0.2) is 9.84 Å². The SMILES string of the molecule is C.COC[C@H]1C[C@H](S(=O)(=O)CC2CCCCC2)CN1Cc1ccc(C(=O)N[C@@H](CCSC)C(=O)O)c(-c2ccccc2C)c1. The number of carboxylic acid groups (broad SMARTS) is 1. The second-order valence-electron chi connectivity index (χ2n) is 12.1. The summed E-state index contributed by atoms with van der Waals surface area (Å²) in [7, 11) is -1.59. The molecule has 0 unspecified atom stereocenters. The molecule has 2 N–H and O–H groups in total. The Morgan fingerprint density at radius 2 is 1.84 bits per heavy atom. The van der Waals surface area contributed by atoms with Crippen molar-refractivity contribution in [3.63, 3.8) is 0 Å². The number of likely N-dealkylation sites (tertiary alicyclic amines) is 1. The van der Waals surface area contributed by atoms with Crippen molar-refractivity contribution in [2.24, 2.45) is 5.92 Å². The van der Waals surface area contributed by atoms with Crippen molar-refractivity contribution >= 4 is 33.5 Å². The van der Waals surface area contributed by atoms with Crippen LogP contribution in [0.15, 0.2) is 42.5 Å². The first-order chi connectivity index (χ1) is 20.6. The van der Waals surface area contributed by atoms with Gasteiger partial charge < -0.3 is 15.2 Å². The Bertz CT molecular complexity index is 1360. The van der Waals surface area contributed by atoms with E-state index in [0.29, 0.717) is 43.9 Å². The molecule has 4 rings (SSSR count). The molecule has 2 fully saturated rings. The number of carbonyl (C=O) groups excluding carboxylic acids is 1. The van der Waals surface area contributed by atoms with E-state index >= 15 is 0 Å². The zero-order chi connectivity index (χ0) is 31.0. The number of ether oxygens (including phenoxy) is 1. The fourth-order valence-electron chi connectivity index (χ4n) is 6.53. The number of nitrogens with one attached hydrogen (secondary N) is 1. The van der Waals surface area contributed by atoms with Crippen LogP contribution in [0.3, 0.4) is 0 Å². The molecule has 8 nitrogen and oxygen atoms in total. The number of thioether (sulfide) groups is 1. The summed E-state index contributed by atoms with van der Waals surface area (Å²) < 4.78 is 32.5. The lowest BCUT2D eigenvalue weighted by atomic mass is 9.91. The predicted octanol–water partition coefficient (Wildman–Crippen LogP) is 5.82. The van der Waals surface area contributed by atoms with Crippen molar-refractivity contribution < 1.29 is 27.9 Å². The average Bonchev–Trinajstić information content (AvgIpc) is 3.39.